The number of pyridine rings is 2. The number of anilines is 2. The highest BCUT2D eigenvalue weighted by Gasteiger charge is 2.27. The van der Waals surface area contributed by atoms with Crippen molar-refractivity contribution in [2.75, 3.05) is 36.0 Å². The van der Waals surface area contributed by atoms with Crippen LogP contribution in [0.25, 0.3) is 113 Å². The molecule has 12 aromatic heterocycles. The molecule has 0 amide bonds. The molecule has 1 atom stereocenters. The molecule has 0 saturated carbocycles. The van der Waals surface area contributed by atoms with Gasteiger partial charge in [-0.3, -0.25) is 9.97 Å². The van der Waals surface area contributed by atoms with Gasteiger partial charge in [0.05, 0.1) is 68.3 Å². The predicted molar refractivity (Wildman–Crippen MR) is 334 cm³/mol. The molecule has 0 fully saturated rings. The van der Waals surface area contributed by atoms with Crippen molar-refractivity contribution in [3.63, 3.8) is 0 Å². The Morgan fingerprint density at radius 2 is 0.932 bits per heavy atom. The fourth-order valence-corrected chi connectivity index (χ4v) is 20.3. The fourth-order valence-electron chi connectivity index (χ4n) is 10.3. The van der Waals surface area contributed by atoms with Gasteiger partial charge in [-0.05, 0) is 74.4 Å². The van der Waals surface area contributed by atoms with Gasteiger partial charge in [-0.25, -0.2) is 0 Å². The van der Waals surface area contributed by atoms with Crippen LogP contribution in [-0.2, 0) is 6.54 Å². The molecule has 0 aliphatic heterocycles. The quantitative estimate of drug-likeness (QED) is 0.0591. The normalized spacial score (nSPS) is 12.8. The summed E-state index contributed by atoms with van der Waals surface area (Å²) in [6.45, 7) is 19.3. The third-order valence-corrected chi connectivity index (χ3v) is 24.1. The Bertz CT molecular complexity index is 3800. The van der Waals surface area contributed by atoms with Gasteiger partial charge < -0.3 is 14.4 Å². The van der Waals surface area contributed by atoms with E-state index in [2.05, 4.69) is 105 Å². The first-order chi connectivity index (χ1) is 36.4. The first-order valence-corrected chi connectivity index (χ1v) is 33.9. The Kier molecular flexibility index (Phi) is 15.2. The van der Waals surface area contributed by atoms with Gasteiger partial charge in [-0.2, -0.15) is 17.5 Å². The molecule has 0 bridgehead atoms. The lowest BCUT2D eigenvalue weighted by Crippen LogP contribution is -2.24. The van der Waals surface area contributed by atoms with E-state index in [1.807, 2.05) is 79.4 Å². The maximum atomic E-state index is 5.21. The van der Waals surface area contributed by atoms with Crippen LogP contribution in [0, 0.1) is 5.92 Å². The van der Waals surface area contributed by atoms with E-state index in [4.69, 9.17) is 27.5 Å². The summed E-state index contributed by atoms with van der Waals surface area (Å²) in [6, 6.07) is 14.3. The van der Waals surface area contributed by atoms with Crippen molar-refractivity contribution in [2.45, 2.75) is 125 Å². The smallest absolute Gasteiger partial charge is 0.132 e. The van der Waals surface area contributed by atoms with E-state index < -0.39 is 0 Å². The lowest BCUT2D eigenvalue weighted by atomic mass is 9.99. The Labute approximate surface area is 469 Å². The molecular weight excluding hydrogens is 1090 g/mol. The van der Waals surface area contributed by atoms with Gasteiger partial charge in [0.2, 0.25) is 0 Å². The number of rotatable bonds is 24. The number of fused-ring (bicyclic) bond motifs is 9. The summed E-state index contributed by atoms with van der Waals surface area (Å²) in [5, 5.41) is 2.78. The molecule has 12 aromatic rings. The third kappa shape index (κ3) is 9.43. The zero-order valence-corrected chi connectivity index (χ0v) is 50.3. The van der Waals surface area contributed by atoms with Crippen LogP contribution in [0.4, 0.5) is 10.0 Å². The molecule has 0 radical (unpaired) electrons. The zero-order chi connectivity index (χ0) is 50.5. The number of unbranched alkanes of at least 4 members (excludes halogenated alkanes) is 5. The first kappa shape index (κ1) is 50.8. The monoisotopic (exact) mass is 1150 g/mol. The van der Waals surface area contributed by atoms with E-state index in [0.717, 1.165) is 93.5 Å². The first-order valence-electron chi connectivity index (χ1n) is 26.7. The molecule has 9 nitrogen and oxygen atoms in total. The van der Waals surface area contributed by atoms with Crippen molar-refractivity contribution in [2.24, 2.45) is 5.92 Å². The minimum absolute atomic E-state index is 0.590. The topological polar surface area (TPSA) is 88.8 Å². The van der Waals surface area contributed by atoms with Crippen LogP contribution in [0.15, 0.2) is 48.8 Å². The van der Waals surface area contributed by atoms with Crippen molar-refractivity contribution >= 4 is 184 Å². The standard InChI is InChI=1S/C56H61N9S9/c1-7-13-18-32(12-6)31-65-35-23-36(33-29-57-49(51-47(33)59-73-61-51)42-25-38-40(66-42)27-45(68-38)63(19-14-8-2)20-15-9-3)70-54(35)56-53(65)55-44(72-56)24-37(71-55)34-30-58-50(52-48(34)60-74-62-52)43-26-39-41(67-43)28-46(69-39)64(21-16-10-4)22-17-11-5/h23-30,32H,7-22,31H2,1-6H3. The number of hydrogen-bond donors (Lipinski definition) is 0. The second kappa shape index (κ2) is 22.2. The Morgan fingerprint density at radius 3 is 1.43 bits per heavy atom. The van der Waals surface area contributed by atoms with Crippen LogP contribution in [0.2, 0.25) is 0 Å². The highest BCUT2D eigenvalue weighted by Crippen LogP contribution is 2.52. The van der Waals surface area contributed by atoms with Gasteiger partial charge in [-0.15, -0.1) is 79.4 Å². The maximum absolute atomic E-state index is 5.21. The van der Waals surface area contributed by atoms with Crippen molar-refractivity contribution in [1.29, 1.82) is 0 Å². The van der Waals surface area contributed by atoms with E-state index in [1.165, 1.54) is 162 Å². The van der Waals surface area contributed by atoms with E-state index >= 15 is 0 Å². The van der Waals surface area contributed by atoms with Gasteiger partial charge in [0, 0.05) is 89.5 Å². The Balaban J connectivity index is 0.882. The lowest BCUT2D eigenvalue weighted by molar-refractivity contribution is 0.401. The molecule has 0 aliphatic carbocycles. The summed E-state index contributed by atoms with van der Waals surface area (Å²) in [6.07, 6.45) is 18.7. The van der Waals surface area contributed by atoms with E-state index in [1.54, 1.807) is 0 Å². The van der Waals surface area contributed by atoms with Crippen molar-refractivity contribution in [3.8, 4) is 42.0 Å². The largest absolute Gasteiger partial charge is 0.363 e. The minimum Gasteiger partial charge on any atom is -0.363 e. The molecule has 12 heterocycles. The summed E-state index contributed by atoms with van der Waals surface area (Å²) in [5.74, 6) is 0.590. The Morgan fingerprint density at radius 1 is 0.459 bits per heavy atom. The van der Waals surface area contributed by atoms with Crippen LogP contribution in [0.1, 0.15) is 119 Å². The van der Waals surface area contributed by atoms with Gasteiger partial charge in [0.15, 0.2) is 0 Å². The SMILES string of the molecule is CCCCC(CC)Cn1c2cc(-c3cnc(-c4cc5sc(N(CCCC)CCCC)cc5s4)c4nsnc34)sc2c2sc3cc(-c4cnc(-c5cc6sc(N(CCCC)CCCC)cc6s5)c5nsnc45)sc3c21. The maximum Gasteiger partial charge on any atom is 0.132 e. The van der Waals surface area contributed by atoms with Crippen molar-refractivity contribution in [1.82, 2.24) is 32.0 Å². The van der Waals surface area contributed by atoms with Crippen LogP contribution >= 0.6 is 103 Å². The summed E-state index contributed by atoms with van der Waals surface area (Å²) in [5.41, 5.74) is 10.4. The predicted octanol–water partition coefficient (Wildman–Crippen LogP) is 20.2. The van der Waals surface area contributed by atoms with Gasteiger partial charge in [0.1, 0.15) is 33.5 Å². The Hall–Kier alpha value is -3.98. The van der Waals surface area contributed by atoms with Crippen LogP contribution in [0.5, 0.6) is 0 Å². The highest BCUT2D eigenvalue weighted by atomic mass is 32.1. The summed E-state index contributed by atoms with van der Waals surface area (Å²) >= 11 is 15.8. The molecule has 0 aromatic carbocycles. The summed E-state index contributed by atoms with van der Waals surface area (Å²) < 4.78 is 33.1. The third-order valence-electron chi connectivity index (χ3n) is 14.5. The molecule has 0 N–H and O–H groups in total. The number of nitrogens with zero attached hydrogens (tertiary/aromatic N) is 9. The summed E-state index contributed by atoms with van der Waals surface area (Å²) in [7, 11) is 0. The zero-order valence-electron chi connectivity index (χ0n) is 42.9. The molecule has 0 aliphatic rings. The molecule has 0 saturated heterocycles. The number of hydrogen-bond acceptors (Lipinski definition) is 17. The molecule has 18 heteroatoms. The summed E-state index contributed by atoms with van der Waals surface area (Å²) in [4.78, 5) is 20.3. The van der Waals surface area contributed by atoms with Gasteiger partial charge in [0.25, 0.3) is 0 Å². The number of thiophene rings is 7. The molecule has 74 heavy (non-hydrogen) atoms. The van der Waals surface area contributed by atoms with Crippen molar-refractivity contribution in [3.05, 3.63) is 48.8 Å². The van der Waals surface area contributed by atoms with E-state index in [-0.39, 0.29) is 0 Å². The second-order valence-electron chi connectivity index (χ2n) is 19.6. The second-order valence-corrected chi connectivity index (χ2v) is 28.1. The fraction of sp³-hybridized carbons (Fsp3) is 0.429. The number of aromatic nitrogens is 7. The molecule has 384 valence electrons. The van der Waals surface area contributed by atoms with Gasteiger partial charge in [-0.1, -0.05) is 86.5 Å². The van der Waals surface area contributed by atoms with Crippen LogP contribution < -0.4 is 9.80 Å². The minimum atomic E-state index is 0.590. The molecular formula is C56H61N9S9. The van der Waals surface area contributed by atoms with E-state index in [0.29, 0.717) is 5.92 Å². The average Bonchev–Trinajstić information content (AvgIpc) is 4.25. The molecule has 0 spiro atoms. The van der Waals surface area contributed by atoms with Crippen LogP contribution in [0.3, 0.4) is 0 Å². The average molecular weight is 1150 g/mol. The molecule has 12 rings (SSSR count). The molecule has 1 unspecified atom stereocenters. The lowest BCUT2D eigenvalue weighted by Gasteiger charge is -2.22. The highest BCUT2D eigenvalue weighted by molar-refractivity contribution is 7.37. The van der Waals surface area contributed by atoms with Crippen molar-refractivity contribution < 1.29 is 0 Å². The van der Waals surface area contributed by atoms with Crippen LogP contribution in [-0.4, -0.2) is 58.2 Å². The van der Waals surface area contributed by atoms with Gasteiger partial charge >= 0.3 is 0 Å². The van der Waals surface area contributed by atoms with E-state index in [9.17, 15) is 0 Å².